The third-order valence-electron chi connectivity index (χ3n) is 6.82. The third kappa shape index (κ3) is 4.37. The maximum absolute atomic E-state index is 13.2. The number of ether oxygens (including phenoxy) is 3. The quantitative estimate of drug-likeness (QED) is 0.340. The second-order valence-electron chi connectivity index (χ2n) is 9.12. The molecule has 0 N–H and O–H groups in total. The van der Waals surface area contributed by atoms with Gasteiger partial charge in [-0.1, -0.05) is 30.3 Å². The third-order valence-corrected chi connectivity index (χ3v) is 6.82. The summed E-state index contributed by atoms with van der Waals surface area (Å²) in [4.78, 5) is 19.9. The Bertz CT molecular complexity index is 1390. The maximum atomic E-state index is 13.2. The normalized spacial score (nSPS) is 15.5. The molecule has 7 nitrogen and oxygen atoms in total. The molecule has 36 heavy (non-hydrogen) atoms. The van der Waals surface area contributed by atoms with Crippen molar-refractivity contribution in [3.63, 3.8) is 0 Å². The first kappa shape index (κ1) is 23.7. The molecule has 3 aromatic carbocycles. The molecule has 186 valence electrons. The lowest BCUT2D eigenvalue weighted by atomic mass is 10.1. The van der Waals surface area contributed by atoms with Gasteiger partial charge in [-0.15, -0.1) is 0 Å². The number of hydrogen-bond donors (Lipinski definition) is 0. The summed E-state index contributed by atoms with van der Waals surface area (Å²) in [6, 6.07) is 19.8. The monoisotopic (exact) mass is 485 g/mol. The molecule has 0 bridgehead atoms. The van der Waals surface area contributed by atoms with Gasteiger partial charge in [-0.25, -0.2) is 4.98 Å². The molecule has 0 aliphatic carbocycles. The number of anilines is 1. The highest BCUT2D eigenvalue weighted by Crippen LogP contribution is 2.39. The van der Waals surface area contributed by atoms with Gasteiger partial charge in [0.05, 0.1) is 37.5 Å². The number of nitrogens with zero attached hydrogens (tertiary/aromatic N) is 3. The lowest BCUT2D eigenvalue weighted by Gasteiger charge is -2.20. The summed E-state index contributed by atoms with van der Waals surface area (Å²) in [6.07, 6.45) is 0.376. The number of methoxy groups -OCH3 is 2. The van der Waals surface area contributed by atoms with Gasteiger partial charge in [-0.3, -0.25) is 4.79 Å². The zero-order chi connectivity index (χ0) is 25.2. The number of fused-ring (bicyclic) bond motifs is 1. The van der Waals surface area contributed by atoms with Crippen LogP contribution in [0.4, 0.5) is 5.69 Å². The zero-order valence-corrected chi connectivity index (χ0v) is 21.2. The molecular formula is C29H31N3O4. The van der Waals surface area contributed by atoms with E-state index in [-0.39, 0.29) is 11.8 Å². The van der Waals surface area contributed by atoms with Crippen molar-refractivity contribution in [2.75, 3.05) is 32.3 Å². The number of hydrogen-bond acceptors (Lipinski definition) is 5. The molecule has 1 amide bonds. The van der Waals surface area contributed by atoms with Gasteiger partial charge in [-0.05, 0) is 49.2 Å². The summed E-state index contributed by atoms with van der Waals surface area (Å²) in [6.45, 7) is 5.78. The summed E-state index contributed by atoms with van der Waals surface area (Å²) in [5.41, 5.74) is 4.92. The Labute approximate surface area is 211 Å². The number of benzene rings is 3. The highest BCUT2D eigenvalue weighted by atomic mass is 16.5. The van der Waals surface area contributed by atoms with Crippen LogP contribution in [-0.4, -0.2) is 42.8 Å². The molecule has 1 aromatic heterocycles. The van der Waals surface area contributed by atoms with Gasteiger partial charge in [0.25, 0.3) is 0 Å². The Balaban J connectivity index is 1.43. The van der Waals surface area contributed by atoms with Crippen molar-refractivity contribution >= 4 is 22.6 Å². The van der Waals surface area contributed by atoms with Crippen LogP contribution in [-0.2, 0) is 11.3 Å². The van der Waals surface area contributed by atoms with Crippen LogP contribution in [0.25, 0.3) is 11.0 Å². The van der Waals surface area contributed by atoms with Crippen molar-refractivity contribution in [3.05, 3.63) is 77.6 Å². The number of aryl methyl sites for hydroxylation is 2. The lowest BCUT2D eigenvalue weighted by Crippen LogP contribution is -2.25. The molecule has 0 spiro atoms. The summed E-state index contributed by atoms with van der Waals surface area (Å²) >= 11 is 0. The average Bonchev–Trinajstić information content (AvgIpc) is 3.45. The second kappa shape index (κ2) is 9.93. The molecular weight excluding hydrogens is 454 g/mol. The first-order valence-electron chi connectivity index (χ1n) is 12.2. The van der Waals surface area contributed by atoms with Crippen LogP contribution in [0.2, 0.25) is 0 Å². The Morgan fingerprint density at radius 3 is 2.50 bits per heavy atom. The van der Waals surface area contributed by atoms with Crippen LogP contribution in [0.5, 0.6) is 17.2 Å². The Morgan fingerprint density at radius 2 is 1.75 bits per heavy atom. The van der Waals surface area contributed by atoms with Crippen LogP contribution < -0.4 is 19.1 Å². The fourth-order valence-corrected chi connectivity index (χ4v) is 5.03. The Morgan fingerprint density at radius 1 is 0.972 bits per heavy atom. The molecule has 7 heteroatoms. The number of aromatic nitrogens is 2. The minimum absolute atomic E-state index is 0.0388. The number of para-hydroxylation sites is 3. The fourth-order valence-electron chi connectivity index (χ4n) is 5.03. The minimum atomic E-state index is -0.0546. The molecule has 4 aromatic rings. The lowest BCUT2D eigenvalue weighted by molar-refractivity contribution is -0.117. The van der Waals surface area contributed by atoms with Crippen molar-refractivity contribution in [3.8, 4) is 17.2 Å². The SMILES string of the molecule is COc1ccc(OC)c(N2C[C@H](c3nc4ccccc4n3CCOc3c(C)cccc3C)CC2=O)c1. The van der Waals surface area contributed by atoms with Crippen molar-refractivity contribution in [1.82, 2.24) is 9.55 Å². The number of carbonyl (C=O) groups is 1. The van der Waals surface area contributed by atoms with E-state index in [4.69, 9.17) is 19.2 Å². The average molecular weight is 486 g/mol. The predicted molar refractivity (Wildman–Crippen MR) is 140 cm³/mol. The second-order valence-corrected chi connectivity index (χ2v) is 9.12. The molecule has 1 fully saturated rings. The molecule has 1 aliphatic rings. The summed E-state index contributed by atoms with van der Waals surface area (Å²) in [7, 11) is 3.22. The van der Waals surface area contributed by atoms with E-state index in [9.17, 15) is 4.79 Å². The van der Waals surface area contributed by atoms with E-state index in [1.165, 1.54) is 0 Å². The van der Waals surface area contributed by atoms with Crippen molar-refractivity contribution in [1.29, 1.82) is 0 Å². The number of amides is 1. The van der Waals surface area contributed by atoms with Crippen LogP contribution in [0.15, 0.2) is 60.7 Å². The van der Waals surface area contributed by atoms with Gasteiger partial charge in [0.2, 0.25) is 5.91 Å². The topological polar surface area (TPSA) is 65.8 Å². The minimum Gasteiger partial charge on any atom is -0.497 e. The zero-order valence-electron chi connectivity index (χ0n) is 21.2. The van der Waals surface area contributed by atoms with Crippen molar-refractivity contribution < 1.29 is 19.0 Å². The maximum Gasteiger partial charge on any atom is 0.227 e. The highest BCUT2D eigenvalue weighted by Gasteiger charge is 2.36. The van der Waals surface area contributed by atoms with Crippen LogP contribution >= 0.6 is 0 Å². The molecule has 5 rings (SSSR count). The van der Waals surface area contributed by atoms with Crippen LogP contribution in [0.1, 0.15) is 29.3 Å². The first-order chi connectivity index (χ1) is 17.5. The van der Waals surface area contributed by atoms with Gasteiger partial charge in [0.1, 0.15) is 29.7 Å². The van der Waals surface area contributed by atoms with Gasteiger partial charge in [-0.2, -0.15) is 0 Å². The van der Waals surface area contributed by atoms with E-state index in [0.29, 0.717) is 43.3 Å². The molecule has 1 saturated heterocycles. The first-order valence-corrected chi connectivity index (χ1v) is 12.2. The van der Waals surface area contributed by atoms with E-state index in [1.807, 2.05) is 42.5 Å². The predicted octanol–water partition coefficient (Wildman–Crippen LogP) is 5.27. The summed E-state index contributed by atoms with van der Waals surface area (Å²) in [5.74, 6) is 3.13. The van der Waals surface area contributed by atoms with E-state index < -0.39 is 0 Å². The Hall–Kier alpha value is -4.00. The van der Waals surface area contributed by atoms with Gasteiger partial charge < -0.3 is 23.7 Å². The smallest absolute Gasteiger partial charge is 0.227 e. The standard InChI is InChI=1S/C29H31N3O4/c1-19-8-7-9-20(2)28(19)36-15-14-31-24-11-6-5-10-23(24)30-29(31)21-16-27(33)32(18-21)25-17-22(34-3)12-13-26(25)35-4/h5-13,17,21H,14-16,18H2,1-4H3/t21-/m1/s1. The number of imidazole rings is 1. The number of rotatable bonds is 8. The molecule has 0 saturated carbocycles. The van der Waals surface area contributed by atoms with E-state index in [1.54, 1.807) is 19.1 Å². The molecule has 0 unspecified atom stereocenters. The molecule has 1 atom stereocenters. The van der Waals surface area contributed by atoms with Crippen molar-refractivity contribution in [2.24, 2.45) is 0 Å². The van der Waals surface area contributed by atoms with Gasteiger partial charge in [0, 0.05) is 24.9 Å². The van der Waals surface area contributed by atoms with Crippen molar-refractivity contribution in [2.45, 2.75) is 32.7 Å². The van der Waals surface area contributed by atoms with E-state index >= 15 is 0 Å². The highest BCUT2D eigenvalue weighted by molar-refractivity contribution is 5.98. The molecule has 0 radical (unpaired) electrons. The Kier molecular flexibility index (Phi) is 6.55. The van der Waals surface area contributed by atoms with Crippen LogP contribution in [0.3, 0.4) is 0 Å². The van der Waals surface area contributed by atoms with Gasteiger partial charge >= 0.3 is 0 Å². The van der Waals surface area contributed by atoms with Crippen LogP contribution in [0, 0.1) is 13.8 Å². The van der Waals surface area contributed by atoms with E-state index in [2.05, 4.69) is 36.6 Å². The fraction of sp³-hybridized carbons (Fsp3) is 0.310. The number of carbonyl (C=O) groups excluding carboxylic acids is 1. The summed E-state index contributed by atoms with van der Waals surface area (Å²) < 4.78 is 19.4. The molecule has 2 heterocycles. The summed E-state index contributed by atoms with van der Waals surface area (Å²) in [5, 5.41) is 0. The largest absolute Gasteiger partial charge is 0.497 e. The van der Waals surface area contributed by atoms with Gasteiger partial charge in [0.15, 0.2) is 0 Å². The van der Waals surface area contributed by atoms with E-state index in [0.717, 1.165) is 33.7 Å². The molecule has 1 aliphatic heterocycles.